The van der Waals surface area contributed by atoms with Gasteiger partial charge in [0.05, 0.1) is 0 Å². The summed E-state index contributed by atoms with van der Waals surface area (Å²) in [5.74, 6) is 2.88. The van der Waals surface area contributed by atoms with Crippen molar-refractivity contribution in [3.63, 3.8) is 0 Å². The van der Waals surface area contributed by atoms with Crippen molar-refractivity contribution in [2.24, 2.45) is 5.92 Å². The molecule has 1 N–H and O–H groups in total. The second-order valence-corrected chi connectivity index (χ2v) is 5.98. The van der Waals surface area contributed by atoms with E-state index in [4.69, 9.17) is 0 Å². The largest absolute Gasteiger partial charge is 0.370 e. The van der Waals surface area contributed by atoms with Crippen molar-refractivity contribution in [3.05, 3.63) is 11.9 Å². The quantitative estimate of drug-likeness (QED) is 0.861. The van der Waals surface area contributed by atoms with Crippen molar-refractivity contribution in [2.75, 3.05) is 30.4 Å². The van der Waals surface area contributed by atoms with E-state index in [1.165, 1.54) is 37.7 Å². The topological polar surface area (TPSA) is 41.1 Å². The lowest BCUT2D eigenvalue weighted by Crippen LogP contribution is -2.28. The molecule has 1 aromatic rings. The highest BCUT2D eigenvalue weighted by Crippen LogP contribution is 2.27. The van der Waals surface area contributed by atoms with Crippen molar-refractivity contribution < 1.29 is 0 Å². The van der Waals surface area contributed by atoms with Gasteiger partial charge in [-0.3, -0.25) is 0 Å². The molecule has 1 saturated carbocycles. The number of anilines is 2. The standard InChI is InChI=1S/C16H28N4/c1-4-10-17-15-13(2)16(19-12-18-15)20(3)11-14-8-6-5-7-9-14/h12,14H,4-11H2,1-3H3,(H,17,18,19). The van der Waals surface area contributed by atoms with E-state index in [0.29, 0.717) is 0 Å². The number of nitrogens with one attached hydrogen (secondary N) is 1. The van der Waals surface area contributed by atoms with Gasteiger partial charge in [-0.25, -0.2) is 9.97 Å². The first-order chi connectivity index (χ1) is 9.72. The number of aromatic nitrogens is 2. The Morgan fingerprint density at radius 1 is 1.25 bits per heavy atom. The van der Waals surface area contributed by atoms with E-state index in [9.17, 15) is 0 Å². The Balaban J connectivity index is 2.02. The summed E-state index contributed by atoms with van der Waals surface area (Å²) in [4.78, 5) is 11.2. The van der Waals surface area contributed by atoms with Crippen LogP contribution in [0.15, 0.2) is 6.33 Å². The van der Waals surface area contributed by atoms with E-state index < -0.39 is 0 Å². The van der Waals surface area contributed by atoms with Gasteiger partial charge in [-0.05, 0) is 32.1 Å². The van der Waals surface area contributed by atoms with Gasteiger partial charge in [-0.1, -0.05) is 26.2 Å². The molecule has 0 saturated heterocycles. The molecule has 0 unspecified atom stereocenters. The molecule has 112 valence electrons. The normalized spacial score (nSPS) is 16.1. The zero-order valence-electron chi connectivity index (χ0n) is 13.2. The van der Waals surface area contributed by atoms with Crippen LogP contribution in [-0.2, 0) is 0 Å². The molecule has 1 aromatic heterocycles. The van der Waals surface area contributed by atoms with Crippen LogP contribution in [0.2, 0.25) is 0 Å². The molecule has 4 nitrogen and oxygen atoms in total. The third-order valence-corrected chi connectivity index (χ3v) is 4.22. The maximum atomic E-state index is 4.49. The molecule has 0 spiro atoms. The molecule has 0 atom stereocenters. The van der Waals surface area contributed by atoms with Crippen LogP contribution >= 0.6 is 0 Å². The molecule has 1 fully saturated rings. The van der Waals surface area contributed by atoms with E-state index >= 15 is 0 Å². The van der Waals surface area contributed by atoms with Crippen LogP contribution in [0.3, 0.4) is 0 Å². The minimum atomic E-state index is 0.829. The average Bonchev–Trinajstić information content (AvgIpc) is 2.47. The van der Waals surface area contributed by atoms with Gasteiger partial charge < -0.3 is 10.2 Å². The highest BCUT2D eigenvalue weighted by Gasteiger charge is 2.18. The molecule has 20 heavy (non-hydrogen) atoms. The molecule has 2 rings (SSSR count). The first-order valence-electron chi connectivity index (χ1n) is 7.99. The third-order valence-electron chi connectivity index (χ3n) is 4.22. The highest BCUT2D eigenvalue weighted by atomic mass is 15.2. The average molecular weight is 276 g/mol. The monoisotopic (exact) mass is 276 g/mol. The van der Waals surface area contributed by atoms with Gasteiger partial charge in [0.25, 0.3) is 0 Å². The Bertz CT molecular complexity index is 413. The van der Waals surface area contributed by atoms with Gasteiger partial charge in [0.2, 0.25) is 0 Å². The second-order valence-electron chi connectivity index (χ2n) is 5.98. The van der Waals surface area contributed by atoms with Crippen LogP contribution < -0.4 is 10.2 Å². The Kier molecular flexibility index (Phi) is 5.62. The zero-order chi connectivity index (χ0) is 14.4. The molecule has 0 amide bonds. The first kappa shape index (κ1) is 15.1. The van der Waals surface area contributed by atoms with Crippen molar-refractivity contribution in [3.8, 4) is 0 Å². The van der Waals surface area contributed by atoms with Crippen LogP contribution in [0.5, 0.6) is 0 Å². The van der Waals surface area contributed by atoms with Gasteiger partial charge in [0.15, 0.2) is 0 Å². The van der Waals surface area contributed by atoms with Crippen molar-refractivity contribution >= 4 is 11.6 Å². The summed E-state index contributed by atoms with van der Waals surface area (Å²) in [7, 11) is 2.16. The smallest absolute Gasteiger partial charge is 0.136 e. The van der Waals surface area contributed by atoms with E-state index in [-0.39, 0.29) is 0 Å². The Labute approximate surface area is 123 Å². The molecular formula is C16H28N4. The predicted molar refractivity (Wildman–Crippen MR) is 85.4 cm³/mol. The lowest BCUT2D eigenvalue weighted by atomic mass is 9.89. The van der Waals surface area contributed by atoms with Crippen molar-refractivity contribution in [2.45, 2.75) is 52.4 Å². The van der Waals surface area contributed by atoms with Gasteiger partial charge in [0.1, 0.15) is 18.0 Å². The van der Waals surface area contributed by atoms with Gasteiger partial charge >= 0.3 is 0 Å². The fourth-order valence-electron chi connectivity index (χ4n) is 3.09. The summed E-state index contributed by atoms with van der Waals surface area (Å²) in [5, 5.41) is 3.38. The Morgan fingerprint density at radius 3 is 2.70 bits per heavy atom. The Morgan fingerprint density at radius 2 is 2.00 bits per heavy atom. The molecule has 0 radical (unpaired) electrons. The van der Waals surface area contributed by atoms with Crippen molar-refractivity contribution in [1.29, 1.82) is 0 Å². The first-order valence-corrected chi connectivity index (χ1v) is 7.99. The maximum Gasteiger partial charge on any atom is 0.136 e. The molecule has 1 heterocycles. The van der Waals surface area contributed by atoms with Gasteiger partial charge in [-0.2, -0.15) is 0 Å². The number of rotatable bonds is 6. The minimum absolute atomic E-state index is 0.829. The van der Waals surface area contributed by atoms with E-state index in [1.54, 1.807) is 6.33 Å². The molecular weight excluding hydrogens is 248 g/mol. The van der Waals surface area contributed by atoms with E-state index in [2.05, 4.69) is 41.1 Å². The Hall–Kier alpha value is -1.32. The van der Waals surface area contributed by atoms with Crippen LogP contribution in [0.1, 0.15) is 51.0 Å². The second kappa shape index (κ2) is 7.46. The SMILES string of the molecule is CCCNc1ncnc(N(C)CC2CCCCC2)c1C. The lowest BCUT2D eigenvalue weighted by molar-refractivity contribution is 0.361. The summed E-state index contributed by atoms with van der Waals surface area (Å²) >= 11 is 0. The van der Waals surface area contributed by atoms with Crippen LogP contribution in [0, 0.1) is 12.8 Å². The lowest BCUT2D eigenvalue weighted by Gasteiger charge is -2.28. The molecule has 1 aliphatic carbocycles. The van der Waals surface area contributed by atoms with Crippen molar-refractivity contribution in [1.82, 2.24) is 9.97 Å². The molecule has 0 aromatic carbocycles. The number of hydrogen-bond donors (Lipinski definition) is 1. The zero-order valence-corrected chi connectivity index (χ0v) is 13.2. The summed E-state index contributed by atoms with van der Waals surface area (Å²) in [6.45, 7) is 6.36. The predicted octanol–water partition coefficient (Wildman–Crippen LogP) is 3.62. The molecule has 1 aliphatic rings. The summed E-state index contributed by atoms with van der Waals surface area (Å²) in [6, 6.07) is 0. The minimum Gasteiger partial charge on any atom is -0.370 e. The third kappa shape index (κ3) is 3.84. The fourth-order valence-corrected chi connectivity index (χ4v) is 3.09. The van der Waals surface area contributed by atoms with Gasteiger partial charge in [-0.15, -0.1) is 0 Å². The summed E-state index contributed by atoms with van der Waals surface area (Å²) in [5.41, 5.74) is 1.17. The van der Waals surface area contributed by atoms with E-state index in [0.717, 1.165) is 37.1 Å². The van der Waals surface area contributed by atoms with Crippen LogP contribution in [-0.4, -0.2) is 30.1 Å². The maximum absolute atomic E-state index is 4.49. The highest BCUT2D eigenvalue weighted by molar-refractivity contribution is 5.57. The number of nitrogens with zero attached hydrogens (tertiary/aromatic N) is 3. The van der Waals surface area contributed by atoms with Crippen LogP contribution in [0.25, 0.3) is 0 Å². The van der Waals surface area contributed by atoms with Crippen LogP contribution in [0.4, 0.5) is 11.6 Å². The number of hydrogen-bond acceptors (Lipinski definition) is 4. The molecule has 0 bridgehead atoms. The van der Waals surface area contributed by atoms with Gasteiger partial charge in [0, 0.05) is 25.7 Å². The summed E-state index contributed by atoms with van der Waals surface area (Å²) in [6.07, 6.45) is 9.73. The fraction of sp³-hybridized carbons (Fsp3) is 0.750. The van der Waals surface area contributed by atoms with E-state index in [1.807, 2.05) is 0 Å². The molecule has 4 heteroatoms. The molecule has 0 aliphatic heterocycles. The summed E-state index contributed by atoms with van der Waals surface area (Å²) < 4.78 is 0.